The molecule has 0 aliphatic rings. The van der Waals surface area contributed by atoms with Gasteiger partial charge in [0.1, 0.15) is 6.54 Å². The molecule has 3 aromatic carbocycles. The maximum absolute atomic E-state index is 13.3. The number of nitrogens with one attached hydrogen (secondary N) is 1. The fourth-order valence-corrected chi connectivity index (χ4v) is 4.56. The normalized spacial score (nSPS) is 12.0. The first-order chi connectivity index (χ1) is 16.0. The van der Waals surface area contributed by atoms with E-state index in [2.05, 4.69) is 10.5 Å². The van der Waals surface area contributed by atoms with Gasteiger partial charge in [-0.15, -0.1) is 0 Å². The summed E-state index contributed by atoms with van der Waals surface area (Å²) >= 11 is 0. The highest BCUT2D eigenvalue weighted by Crippen LogP contribution is 2.31. The van der Waals surface area contributed by atoms with Crippen molar-refractivity contribution < 1.29 is 26.4 Å². The van der Waals surface area contributed by atoms with Crippen molar-refractivity contribution in [1.29, 1.82) is 0 Å². The van der Waals surface area contributed by atoms with E-state index < -0.39 is 34.2 Å². The maximum Gasteiger partial charge on any atom is 0.417 e. The molecule has 34 heavy (non-hydrogen) atoms. The number of carbonyl (C=O) groups excluding carboxylic acids is 1. The number of halogens is 3. The number of rotatable bonds is 7. The van der Waals surface area contributed by atoms with Gasteiger partial charge in [-0.2, -0.15) is 18.3 Å². The average molecular weight is 490 g/mol. The van der Waals surface area contributed by atoms with Crippen LogP contribution in [0.1, 0.15) is 22.3 Å². The number of anilines is 1. The minimum absolute atomic E-state index is 0.0105. The van der Waals surface area contributed by atoms with Crippen molar-refractivity contribution in [2.75, 3.05) is 10.8 Å². The van der Waals surface area contributed by atoms with Crippen molar-refractivity contribution in [3.63, 3.8) is 0 Å². The number of nitrogens with zero attached hydrogens (tertiary/aromatic N) is 2. The Hall–Kier alpha value is -3.66. The lowest BCUT2D eigenvalue weighted by Gasteiger charge is -2.24. The van der Waals surface area contributed by atoms with Gasteiger partial charge in [0.15, 0.2) is 0 Å². The van der Waals surface area contributed by atoms with Gasteiger partial charge in [-0.05, 0) is 55.3 Å². The molecule has 0 aliphatic carbocycles. The number of hydrazone groups is 1. The smallest absolute Gasteiger partial charge is 0.271 e. The molecule has 0 spiro atoms. The summed E-state index contributed by atoms with van der Waals surface area (Å²) in [5, 5.41) is 3.60. The molecule has 0 saturated carbocycles. The van der Waals surface area contributed by atoms with Crippen LogP contribution in [0.25, 0.3) is 0 Å². The Morgan fingerprint density at radius 1 is 0.971 bits per heavy atom. The Balaban J connectivity index is 1.87. The molecule has 6 nitrogen and oxygen atoms in total. The molecule has 0 aliphatic heterocycles. The van der Waals surface area contributed by atoms with Crippen molar-refractivity contribution in [2.24, 2.45) is 5.10 Å². The Morgan fingerprint density at radius 2 is 1.62 bits per heavy atom. The van der Waals surface area contributed by atoms with Crippen molar-refractivity contribution in [1.82, 2.24) is 5.43 Å². The number of carbonyl (C=O) groups is 1. The second kappa shape index (κ2) is 10.1. The molecule has 3 aromatic rings. The molecular formula is C24H22F3N3O3S. The lowest BCUT2D eigenvalue weighted by Crippen LogP contribution is -2.39. The zero-order chi connectivity index (χ0) is 24.9. The lowest BCUT2D eigenvalue weighted by molar-refractivity contribution is -0.137. The Morgan fingerprint density at radius 3 is 2.26 bits per heavy atom. The number of hydrogen-bond donors (Lipinski definition) is 1. The van der Waals surface area contributed by atoms with Gasteiger partial charge in [0.05, 0.1) is 22.4 Å². The standard InChI is InChI=1S/C24H22F3N3O3S/c1-17-12-13-20(14-18(17)2)30(34(32,33)21-9-4-3-5-10-21)16-23(31)29-28-15-19-8-6-7-11-22(19)24(25,26)27/h3-15H,16H2,1-2H3,(H,29,31)/b28-15-. The van der Waals surface area contributed by atoms with Gasteiger partial charge in [0.2, 0.25) is 0 Å². The van der Waals surface area contributed by atoms with Gasteiger partial charge in [0.25, 0.3) is 15.9 Å². The van der Waals surface area contributed by atoms with Crippen molar-refractivity contribution in [3.8, 4) is 0 Å². The summed E-state index contributed by atoms with van der Waals surface area (Å²) in [4.78, 5) is 12.6. The van der Waals surface area contributed by atoms with E-state index in [-0.39, 0.29) is 16.1 Å². The van der Waals surface area contributed by atoms with E-state index >= 15 is 0 Å². The molecule has 0 bridgehead atoms. The second-order valence-corrected chi connectivity index (χ2v) is 9.33. The van der Waals surface area contributed by atoms with E-state index in [1.165, 1.54) is 30.3 Å². The van der Waals surface area contributed by atoms with Gasteiger partial charge in [-0.25, -0.2) is 13.8 Å². The summed E-state index contributed by atoms with van der Waals surface area (Å²) in [7, 11) is -4.11. The van der Waals surface area contributed by atoms with Crippen molar-refractivity contribution >= 4 is 27.8 Å². The van der Waals surface area contributed by atoms with Gasteiger partial charge >= 0.3 is 6.18 Å². The predicted octanol–water partition coefficient (Wildman–Crippen LogP) is 4.67. The van der Waals surface area contributed by atoms with Crippen LogP contribution in [0.5, 0.6) is 0 Å². The third kappa shape index (κ3) is 5.82. The van der Waals surface area contributed by atoms with Crippen LogP contribution in [0.4, 0.5) is 18.9 Å². The summed E-state index contributed by atoms with van der Waals surface area (Å²) in [5.74, 6) is -0.821. The molecule has 0 atom stereocenters. The van der Waals surface area contributed by atoms with Crippen LogP contribution in [0.15, 0.2) is 82.8 Å². The molecule has 0 aromatic heterocycles. The van der Waals surface area contributed by atoms with Crippen LogP contribution in [-0.4, -0.2) is 27.1 Å². The van der Waals surface area contributed by atoms with E-state index in [1.54, 1.807) is 36.4 Å². The molecule has 0 saturated heterocycles. The number of benzene rings is 3. The summed E-state index contributed by atoms with van der Waals surface area (Å²) in [6, 6.07) is 17.3. The van der Waals surface area contributed by atoms with Crippen molar-refractivity contribution in [3.05, 3.63) is 95.1 Å². The van der Waals surface area contributed by atoms with Gasteiger partial charge in [0, 0.05) is 5.56 Å². The second-order valence-electron chi connectivity index (χ2n) is 7.47. The third-order valence-electron chi connectivity index (χ3n) is 5.06. The van der Waals surface area contributed by atoms with Gasteiger partial charge in [-0.1, -0.05) is 42.5 Å². The van der Waals surface area contributed by atoms with Crippen LogP contribution in [0.2, 0.25) is 0 Å². The molecule has 178 valence electrons. The summed E-state index contributed by atoms with van der Waals surface area (Å²) in [6.07, 6.45) is -3.72. The van der Waals surface area contributed by atoms with E-state index in [0.717, 1.165) is 27.7 Å². The number of amides is 1. The lowest BCUT2D eigenvalue weighted by atomic mass is 10.1. The topological polar surface area (TPSA) is 78.8 Å². The molecule has 1 N–H and O–H groups in total. The Kier molecular flexibility index (Phi) is 7.41. The highest BCUT2D eigenvalue weighted by molar-refractivity contribution is 7.92. The molecule has 0 unspecified atom stereocenters. The number of alkyl halides is 3. The highest BCUT2D eigenvalue weighted by Gasteiger charge is 2.32. The summed E-state index contributed by atoms with van der Waals surface area (Å²) in [5.41, 5.74) is 3.01. The fourth-order valence-electron chi connectivity index (χ4n) is 3.12. The molecule has 0 fully saturated rings. The molecule has 10 heteroatoms. The zero-order valence-electron chi connectivity index (χ0n) is 18.4. The quantitative estimate of drug-likeness (QED) is 0.387. The van der Waals surface area contributed by atoms with E-state index in [0.29, 0.717) is 0 Å². The minimum atomic E-state index is -4.59. The maximum atomic E-state index is 13.3. The fraction of sp³-hybridized carbons (Fsp3) is 0.167. The van der Waals surface area contributed by atoms with Crippen molar-refractivity contribution in [2.45, 2.75) is 24.9 Å². The van der Waals surface area contributed by atoms with Crippen LogP contribution in [0, 0.1) is 13.8 Å². The minimum Gasteiger partial charge on any atom is -0.271 e. The van der Waals surface area contributed by atoms with Gasteiger partial charge < -0.3 is 0 Å². The van der Waals surface area contributed by atoms with E-state index in [1.807, 2.05) is 13.8 Å². The molecule has 0 radical (unpaired) electrons. The average Bonchev–Trinajstić information content (AvgIpc) is 2.79. The van der Waals surface area contributed by atoms with Crippen LogP contribution in [-0.2, 0) is 21.0 Å². The SMILES string of the molecule is Cc1ccc(N(CC(=O)N/N=C\c2ccccc2C(F)(F)F)S(=O)(=O)c2ccccc2)cc1C. The molecule has 3 rings (SSSR count). The van der Waals surface area contributed by atoms with E-state index in [4.69, 9.17) is 0 Å². The molecular weight excluding hydrogens is 467 g/mol. The first-order valence-corrected chi connectivity index (χ1v) is 11.6. The monoisotopic (exact) mass is 489 g/mol. The Labute approximate surface area is 195 Å². The van der Waals surface area contributed by atoms with E-state index in [9.17, 15) is 26.4 Å². The van der Waals surface area contributed by atoms with Crippen LogP contribution >= 0.6 is 0 Å². The molecule has 0 heterocycles. The Bertz CT molecular complexity index is 1310. The molecule has 1 amide bonds. The summed E-state index contributed by atoms with van der Waals surface area (Å²) < 4.78 is 66.9. The number of aryl methyl sites for hydroxylation is 2. The van der Waals surface area contributed by atoms with Crippen LogP contribution in [0.3, 0.4) is 0 Å². The number of hydrogen-bond acceptors (Lipinski definition) is 4. The zero-order valence-corrected chi connectivity index (χ0v) is 19.2. The first-order valence-electron chi connectivity index (χ1n) is 10.1. The third-order valence-corrected chi connectivity index (χ3v) is 6.84. The predicted molar refractivity (Wildman–Crippen MR) is 124 cm³/mol. The largest absolute Gasteiger partial charge is 0.417 e. The highest BCUT2D eigenvalue weighted by atomic mass is 32.2. The number of sulfonamides is 1. The van der Waals surface area contributed by atoms with Crippen LogP contribution < -0.4 is 9.73 Å². The van der Waals surface area contributed by atoms with Gasteiger partial charge in [-0.3, -0.25) is 9.10 Å². The summed E-state index contributed by atoms with van der Waals surface area (Å²) in [6.45, 7) is 3.06. The first kappa shape index (κ1) is 25.0.